The predicted molar refractivity (Wildman–Crippen MR) is 40.5 cm³/mol. The van der Waals surface area contributed by atoms with E-state index in [1.54, 1.807) is 0 Å². The molecule has 0 aromatic heterocycles. The molecular formula is C3H9N2O3PS. The average molecular weight is 184 g/mol. The van der Waals surface area contributed by atoms with E-state index in [1.165, 1.54) is 6.92 Å². The van der Waals surface area contributed by atoms with Crippen molar-refractivity contribution in [2.24, 2.45) is 5.73 Å². The van der Waals surface area contributed by atoms with Crippen LogP contribution in [0.15, 0.2) is 0 Å². The van der Waals surface area contributed by atoms with E-state index in [9.17, 15) is 4.79 Å². The second kappa shape index (κ2) is 3.41. The number of primary amides is 1. The lowest BCUT2D eigenvalue weighted by Gasteiger charge is -2.13. The number of hydrogen-bond acceptors (Lipinski definition) is 2. The molecule has 0 aliphatic carbocycles. The second-order valence-electron chi connectivity index (χ2n) is 1.80. The zero-order valence-corrected chi connectivity index (χ0v) is 7.02. The van der Waals surface area contributed by atoms with E-state index in [0.717, 1.165) is 0 Å². The van der Waals surface area contributed by atoms with Crippen LogP contribution in [0.25, 0.3) is 0 Å². The molecule has 5 N–H and O–H groups in total. The normalized spacial score (nSPS) is 14.7. The maximum atomic E-state index is 10.3. The molecule has 0 saturated carbocycles. The summed E-state index contributed by atoms with van der Waals surface area (Å²) in [7, 11) is 0. The maximum absolute atomic E-state index is 10.3. The summed E-state index contributed by atoms with van der Waals surface area (Å²) in [5.74, 6) is -0.669. The highest BCUT2D eigenvalue weighted by molar-refractivity contribution is 8.08. The SMILES string of the molecule is CC(NP(O)(O)=S)C(N)=O. The summed E-state index contributed by atoms with van der Waals surface area (Å²) in [5.41, 5.74) is 4.79. The van der Waals surface area contributed by atoms with Crippen LogP contribution in [0.4, 0.5) is 0 Å². The van der Waals surface area contributed by atoms with E-state index in [0.29, 0.717) is 0 Å². The monoisotopic (exact) mass is 184 g/mol. The van der Waals surface area contributed by atoms with Crippen LogP contribution in [0.1, 0.15) is 6.92 Å². The molecular weight excluding hydrogens is 175 g/mol. The lowest BCUT2D eigenvalue weighted by atomic mass is 10.4. The van der Waals surface area contributed by atoms with Crippen LogP contribution in [-0.4, -0.2) is 21.7 Å². The predicted octanol–water partition coefficient (Wildman–Crippen LogP) is -1.34. The number of rotatable bonds is 3. The molecule has 7 heteroatoms. The maximum Gasteiger partial charge on any atom is 0.256 e. The van der Waals surface area contributed by atoms with E-state index in [2.05, 4.69) is 16.9 Å². The van der Waals surface area contributed by atoms with Crippen LogP contribution in [0, 0.1) is 0 Å². The number of hydrogen-bond donors (Lipinski definition) is 4. The Morgan fingerprint density at radius 3 is 2.30 bits per heavy atom. The van der Waals surface area contributed by atoms with E-state index in [-0.39, 0.29) is 0 Å². The van der Waals surface area contributed by atoms with Crippen molar-refractivity contribution in [3.8, 4) is 0 Å². The van der Waals surface area contributed by atoms with E-state index in [4.69, 9.17) is 15.5 Å². The molecule has 5 nitrogen and oxygen atoms in total. The Morgan fingerprint density at radius 2 is 2.20 bits per heavy atom. The Hall–Kier alpha value is 0. The van der Waals surface area contributed by atoms with Crippen molar-refractivity contribution in [1.29, 1.82) is 0 Å². The molecule has 10 heavy (non-hydrogen) atoms. The highest BCUT2D eigenvalue weighted by Crippen LogP contribution is 2.29. The van der Waals surface area contributed by atoms with Crippen LogP contribution in [0.5, 0.6) is 0 Å². The van der Waals surface area contributed by atoms with Gasteiger partial charge in [0, 0.05) is 0 Å². The lowest BCUT2D eigenvalue weighted by Crippen LogP contribution is -2.36. The van der Waals surface area contributed by atoms with E-state index >= 15 is 0 Å². The molecule has 0 saturated heterocycles. The van der Waals surface area contributed by atoms with Gasteiger partial charge in [-0.15, -0.1) is 0 Å². The molecule has 1 unspecified atom stereocenters. The molecule has 60 valence electrons. The van der Waals surface area contributed by atoms with Gasteiger partial charge < -0.3 is 15.5 Å². The average Bonchev–Trinajstić information content (AvgIpc) is 1.60. The first-order chi connectivity index (χ1) is 4.33. The van der Waals surface area contributed by atoms with Crippen LogP contribution in [0.3, 0.4) is 0 Å². The first-order valence-electron chi connectivity index (χ1n) is 2.45. The van der Waals surface area contributed by atoms with Gasteiger partial charge in [-0.3, -0.25) is 4.79 Å². The third kappa shape index (κ3) is 4.84. The number of nitrogens with two attached hydrogens (primary N) is 1. The molecule has 0 fully saturated rings. The third-order valence-corrected chi connectivity index (χ3v) is 1.83. The Kier molecular flexibility index (Phi) is 3.41. The van der Waals surface area contributed by atoms with Gasteiger partial charge in [-0.1, -0.05) is 0 Å². The minimum atomic E-state index is -3.49. The first kappa shape index (κ1) is 10.0. The van der Waals surface area contributed by atoms with Crippen molar-refractivity contribution in [2.45, 2.75) is 13.0 Å². The molecule has 1 atom stereocenters. The summed E-state index contributed by atoms with van der Waals surface area (Å²) in [4.78, 5) is 27.5. The summed E-state index contributed by atoms with van der Waals surface area (Å²) < 4.78 is 0. The Bertz CT molecular complexity index is 179. The Labute approximate surface area is 63.5 Å². The summed E-state index contributed by atoms with van der Waals surface area (Å²) in [6.07, 6.45) is 0. The fourth-order valence-corrected chi connectivity index (χ4v) is 1.42. The number of amides is 1. The zero-order chi connectivity index (χ0) is 8.36. The van der Waals surface area contributed by atoms with Crippen molar-refractivity contribution in [3.05, 3.63) is 0 Å². The Balaban J connectivity index is 3.93. The summed E-state index contributed by atoms with van der Waals surface area (Å²) >= 11 is 4.18. The molecule has 0 rings (SSSR count). The minimum absolute atomic E-state index is 0.669. The topological polar surface area (TPSA) is 95.6 Å². The molecule has 0 aliphatic heterocycles. The highest BCUT2D eigenvalue weighted by Gasteiger charge is 2.15. The molecule has 0 aromatic rings. The largest absolute Gasteiger partial charge is 0.368 e. The van der Waals surface area contributed by atoms with Gasteiger partial charge in [0.25, 0.3) is 6.64 Å². The second-order valence-corrected chi connectivity index (χ2v) is 4.67. The van der Waals surface area contributed by atoms with Crippen molar-refractivity contribution in [3.63, 3.8) is 0 Å². The molecule has 0 aliphatic rings. The molecule has 0 heterocycles. The van der Waals surface area contributed by atoms with E-state index in [1.807, 2.05) is 0 Å². The molecule has 1 amide bonds. The Morgan fingerprint density at radius 1 is 1.80 bits per heavy atom. The smallest absolute Gasteiger partial charge is 0.256 e. The third-order valence-electron chi connectivity index (χ3n) is 0.789. The van der Waals surface area contributed by atoms with Gasteiger partial charge in [0.15, 0.2) is 0 Å². The van der Waals surface area contributed by atoms with Gasteiger partial charge in [-0.25, -0.2) is 5.09 Å². The van der Waals surface area contributed by atoms with Gasteiger partial charge in [0.1, 0.15) is 0 Å². The van der Waals surface area contributed by atoms with Crippen LogP contribution in [-0.2, 0) is 16.6 Å². The minimum Gasteiger partial charge on any atom is -0.368 e. The lowest BCUT2D eigenvalue weighted by molar-refractivity contribution is -0.119. The molecule has 0 spiro atoms. The van der Waals surface area contributed by atoms with E-state index < -0.39 is 18.6 Å². The van der Waals surface area contributed by atoms with Gasteiger partial charge in [-0.05, 0) is 18.7 Å². The van der Waals surface area contributed by atoms with Gasteiger partial charge in [0.05, 0.1) is 6.04 Å². The van der Waals surface area contributed by atoms with Crippen LogP contribution >= 0.6 is 6.64 Å². The van der Waals surface area contributed by atoms with Gasteiger partial charge in [0.2, 0.25) is 5.91 Å². The zero-order valence-electron chi connectivity index (χ0n) is 5.31. The fourth-order valence-electron chi connectivity index (χ4n) is 0.316. The fraction of sp³-hybridized carbons (Fsp3) is 0.667. The van der Waals surface area contributed by atoms with Gasteiger partial charge in [-0.2, -0.15) is 0 Å². The first-order valence-corrected chi connectivity index (χ1v) is 5.16. The summed E-state index contributed by atoms with van der Waals surface area (Å²) in [5, 5.41) is 2.08. The van der Waals surface area contributed by atoms with Crippen molar-refractivity contribution >= 4 is 24.4 Å². The highest BCUT2D eigenvalue weighted by atomic mass is 32.5. The standard InChI is InChI=1S/C3H9N2O3PS/c1-2(3(4)6)5-9(7,8)10/h2H,1H3,(H2,4,6)(H3,5,7,8,10). The van der Waals surface area contributed by atoms with Crippen molar-refractivity contribution in [1.82, 2.24) is 5.09 Å². The van der Waals surface area contributed by atoms with Gasteiger partial charge >= 0.3 is 0 Å². The number of carbonyl (C=O) groups excluding carboxylic acids is 1. The molecule has 0 aromatic carbocycles. The molecule has 0 radical (unpaired) electrons. The summed E-state index contributed by atoms with van der Waals surface area (Å²) in [6.45, 7) is -2.09. The molecule has 0 bridgehead atoms. The number of nitrogens with one attached hydrogen (secondary N) is 1. The summed E-state index contributed by atoms with van der Waals surface area (Å²) in [6, 6.07) is -0.805. The van der Waals surface area contributed by atoms with Crippen LogP contribution < -0.4 is 10.8 Å². The quantitative estimate of drug-likeness (QED) is 0.407. The van der Waals surface area contributed by atoms with Crippen molar-refractivity contribution < 1.29 is 14.6 Å². The van der Waals surface area contributed by atoms with Crippen LogP contribution in [0.2, 0.25) is 0 Å². The van der Waals surface area contributed by atoms with Crippen molar-refractivity contribution in [2.75, 3.05) is 0 Å². The number of carbonyl (C=O) groups is 1.